The van der Waals surface area contributed by atoms with E-state index in [-0.39, 0.29) is 0 Å². The molecule has 0 saturated carbocycles. The fraction of sp³-hybridized carbons (Fsp3) is 0.417. The van der Waals surface area contributed by atoms with Crippen LogP contribution in [0, 0.1) is 0 Å². The van der Waals surface area contributed by atoms with Crippen LogP contribution in [-0.2, 0) is 13.1 Å². The Morgan fingerprint density at radius 2 is 2.00 bits per heavy atom. The molecule has 0 amide bonds. The minimum absolute atomic E-state index is 0.406. The lowest BCUT2D eigenvalue weighted by atomic mass is 10.1. The Hall–Kier alpha value is -2.64. The Labute approximate surface area is 189 Å². The summed E-state index contributed by atoms with van der Waals surface area (Å²) < 4.78 is 1.94. The third kappa shape index (κ3) is 6.18. The van der Waals surface area contributed by atoms with Gasteiger partial charge >= 0.3 is 0 Å². The van der Waals surface area contributed by atoms with Crippen molar-refractivity contribution >= 4 is 17.3 Å². The third-order valence-corrected chi connectivity index (χ3v) is 6.55. The fourth-order valence-corrected chi connectivity index (χ4v) is 4.92. The van der Waals surface area contributed by atoms with Crippen LogP contribution in [0.15, 0.2) is 65.2 Å². The molecule has 1 unspecified atom stereocenters. The first-order chi connectivity index (χ1) is 15.3. The Morgan fingerprint density at radius 3 is 2.74 bits per heavy atom. The molecule has 0 spiro atoms. The van der Waals surface area contributed by atoms with Gasteiger partial charge in [0.25, 0.3) is 0 Å². The number of nitrogens with zero attached hydrogens (tertiary/aromatic N) is 4. The molecule has 1 aromatic carbocycles. The molecule has 164 valence electrons. The molecular weight excluding hydrogens is 404 g/mol. The number of rotatable bonds is 9. The van der Waals surface area contributed by atoms with Gasteiger partial charge in [0, 0.05) is 30.4 Å². The normalized spacial score (nSPS) is 15.8. The average molecular weight is 437 g/mol. The van der Waals surface area contributed by atoms with Gasteiger partial charge in [0.2, 0.25) is 0 Å². The summed E-state index contributed by atoms with van der Waals surface area (Å²) in [7, 11) is 0. The summed E-state index contributed by atoms with van der Waals surface area (Å²) in [5, 5.41) is 13.5. The summed E-state index contributed by atoms with van der Waals surface area (Å²) in [4.78, 5) is 8.88. The van der Waals surface area contributed by atoms with E-state index in [4.69, 9.17) is 4.99 Å². The lowest BCUT2D eigenvalue weighted by Crippen LogP contribution is -2.42. The molecule has 0 bridgehead atoms. The molecule has 0 aliphatic carbocycles. The SMILES string of the molecule is CCNC(=NCc1cccc(Cn2cccn2)c1)NCC(c1cccs1)N1CCCC1. The van der Waals surface area contributed by atoms with Crippen LogP contribution in [0.2, 0.25) is 0 Å². The number of hydrogen-bond acceptors (Lipinski definition) is 4. The molecule has 1 aliphatic heterocycles. The lowest BCUT2D eigenvalue weighted by Gasteiger charge is -2.27. The maximum Gasteiger partial charge on any atom is 0.191 e. The van der Waals surface area contributed by atoms with E-state index < -0.39 is 0 Å². The number of aromatic nitrogens is 2. The number of nitrogens with one attached hydrogen (secondary N) is 2. The van der Waals surface area contributed by atoms with E-state index >= 15 is 0 Å². The zero-order valence-electron chi connectivity index (χ0n) is 18.2. The van der Waals surface area contributed by atoms with Gasteiger partial charge in [-0.25, -0.2) is 4.99 Å². The number of aliphatic imine (C=N–C) groups is 1. The van der Waals surface area contributed by atoms with Crippen molar-refractivity contribution in [2.24, 2.45) is 4.99 Å². The largest absolute Gasteiger partial charge is 0.357 e. The Kier molecular flexibility index (Phi) is 7.74. The van der Waals surface area contributed by atoms with Crippen molar-refractivity contribution in [2.75, 3.05) is 26.2 Å². The molecule has 1 fully saturated rings. The summed E-state index contributed by atoms with van der Waals surface area (Å²) >= 11 is 1.85. The van der Waals surface area contributed by atoms with E-state index in [0.717, 1.165) is 25.6 Å². The number of thiophene rings is 1. The molecule has 0 radical (unpaired) electrons. The quantitative estimate of drug-likeness (QED) is 0.395. The number of guanidine groups is 1. The van der Waals surface area contributed by atoms with Gasteiger partial charge in [-0.1, -0.05) is 30.3 Å². The monoisotopic (exact) mass is 436 g/mol. The Morgan fingerprint density at radius 1 is 1.13 bits per heavy atom. The van der Waals surface area contributed by atoms with E-state index in [1.165, 1.54) is 41.9 Å². The molecule has 1 saturated heterocycles. The van der Waals surface area contributed by atoms with Crippen molar-refractivity contribution in [2.45, 2.75) is 38.9 Å². The number of hydrogen-bond donors (Lipinski definition) is 2. The first kappa shape index (κ1) is 21.6. The van der Waals surface area contributed by atoms with Crippen LogP contribution in [0.3, 0.4) is 0 Å². The highest BCUT2D eigenvalue weighted by atomic mass is 32.1. The van der Waals surface area contributed by atoms with Gasteiger partial charge in [-0.3, -0.25) is 9.58 Å². The van der Waals surface area contributed by atoms with Crippen molar-refractivity contribution in [3.63, 3.8) is 0 Å². The zero-order chi connectivity index (χ0) is 21.3. The van der Waals surface area contributed by atoms with Gasteiger partial charge in [0.05, 0.1) is 19.1 Å². The van der Waals surface area contributed by atoms with Crippen molar-refractivity contribution in [1.29, 1.82) is 0 Å². The topological polar surface area (TPSA) is 57.5 Å². The molecule has 1 atom stereocenters. The summed E-state index contributed by atoms with van der Waals surface area (Å²) in [6.07, 6.45) is 6.40. The summed E-state index contributed by atoms with van der Waals surface area (Å²) in [6, 6.07) is 15.4. The lowest BCUT2D eigenvalue weighted by molar-refractivity contribution is 0.249. The highest BCUT2D eigenvalue weighted by molar-refractivity contribution is 7.10. The second kappa shape index (κ2) is 11.1. The van der Waals surface area contributed by atoms with E-state index in [2.05, 4.69) is 69.3 Å². The standard InChI is InChI=1S/C24H32N6S/c1-2-25-24(27-18-22(23-10-6-15-31-23)29-12-3-4-13-29)26-17-20-8-5-9-21(16-20)19-30-14-7-11-28-30/h5-11,14-16,22H,2-4,12-13,17-19H2,1H3,(H2,25,26,27). The molecule has 3 heterocycles. The van der Waals surface area contributed by atoms with E-state index in [0.29, 0.717) is 12.6 Å². The Bertz CT molecular complexity index is 929. The predicted molar refractivity (Wildman–Crippen MR) is 128 cm³/mol. The zero-order valence-corrected chi connectivity index (χ0v) is 19.0. The molecule has 3 aromatic rings. The second-order valence-electron chi connectivity index (χ2n) is 7.87. The molecule has 2 N–H and O–H groups in total. The van der Waals surface area contributed by atoms with Crippen LogP contribution in [-0.4, -0.2) is 46.8 Å². The summed E-state index contributed by atoms with van der Waals surface area (Å²) in [5.41, 5.74) is 2.44. The maximum atomic E-state index is 4.86. The second-order valence-corrected chi connectivity index (χ2v) is 8.85. The molecule has 1 aliphatic rings. The summed E-state index contributed by atoms with van der Waals surface area (Å²) in [6.45, 7) is 7.61. The average Bonchev–Trinajstić information content (AvgIpc) is 3.56. The highest BCUT2D eigenvalue weighted by Crippen LogP contribution is 2.27. The molecular formula is C24H32N6S. The molecule has 7 heteroatoms. The molecule has 6 nitrogen and oxygen atoms in total. The van der Waals surface area contributed by atoms with Gasteiger partial charge in [-0.05, 0) is 61.5 Å². The first-order valence-corrected chi connectivity index (χ1v) is 12.0. The summed E-state index contributed by atoms with van der Waals surface area (Å²) in [5.74, 6) is 0.876. The van der Waals surface area contributed by atoms with E-state index in [9.17, 15) is 0 Å². The van der Waals surface area contributed by atoms with Crippen LogP contribution in [0.25, 0.3) is 0 Å². The number of benzene rings is 1. The minimum atomic E-state index is 0.406. The maximum absolute atomic E-state index is 4.86. The van der Waals surface area contributed by atoms with Crippen molar-refractivity contribution in [3.8, 4) is 0 Å². The van der Waals surface area contributed by atoms with Crippen LogP contribution < -0.4 is 10.6 Å². The van der Waals surface area contributed by atoms with Crippen molar-refractivity contribution in [3.05, 3.63) is 76.2 Å². The third-order valence-electron chi connectivity index (χ3n) is 5.58. The first-order valence-electron chi connectivity index (χ1n) is 11.2. The van der Waals surface area contributed by atoms with Crippen LogP contribution in [0.1, 0.15) is 41.8 Å². The Balaban J connectivity index is 1.39. The van der Waals surface area contributed by atoms with Crippen LogP contribution >= 0.6 is 11.3 Å². The van der Waals surface area contributed by atoms with Gasteiger partial charge < -0.3 is 10.6 Å². The van der Waals surface area contributed by atoms with E-state index in [1.807, 2.05) is 34.5 Å². The van der Waals surface area contributed by atoms with Gasteiger partial charge in [-0.2, -0.15) is 5.10 Å². The fourth-order valence-electron chi connectivity index (χ4n) is 4.06. The number of likely N-dealkylation sites (tertiary alicyclic amines) is 1. The molecule has 2 aromatic heterocycles. The van der Waals surface area contributed by atoms with Gasteiger partial charge in [0.15, 0.2) is 5.96 Å². The van der Waals surface area contributed by atoms with Gasteiger partial charge in [0.1, 0.15) is 0 Å². The van der Waals surface area contributed by atoms with Crippen LogP contribution in [0.4, 0.5) is 0 Å². The van der Waals surface area contributed by atoms with Crippen LogP contribution in [0.5, 0.6) is 0 Å². The minimum Gasteiger partial charge on any atom is -0.357 e. The molecule has 31 heavy (non-hydrogen) atoms. The smallest absolute Gasteiger partial charge is 0.191 e. The predicted octanol–water partition coefficient (Wildman–Crippen LogP) is 3.89. The highest BCUT2D eigenvalue weighted by Gasteiger charge is 2.24. The molecule has 4 rings (SSSR count). The van der Waals surface area contributed by atoms with Crippen molar-refractivity contribution < 1.29 is 0 Å². The van der Waals surface area contributed by atoms with E-state index in [1.54, 1.807) is 0 Å². The van der Waals surface area contributed by atoms with Gasteiger partial charge in [-0.15, -0.1) is 11.3 Å². The van der Waals surface area contributed by atoms with Crippen molar-refractivity contribution in [1.82, 2.24) is 25.3 Å².